The molecule has 22 heavy (non-hydrogen) atoms. The Morgan fingerprint density at radius 1 is 1.18 bits per heavy atom. The Hall–Kier alpha value is -0.120. The molecule has 0 aromatic carbocycles. The van der Waals surface area contributed by atoms with Crippen molar-refractivity contribution in [3.8, 4) is 0 Å². The van der Waals surface area contributed by atoms with Crippen molar-refractivity contribution in [2.45, 2.75) is 71.4 Å². The summed E-state index contributed by atoms with van der Waals surface area (Å²) < 4.78 is 6.10. The zero-order chi connectivity index (χ0) is 15.9. The second-order valence-corrected chi connectivity index (χ2v) is 8.03. The fourth-order valence-corrected chi connectivity index (χ4v) is 3.98. The van der Waals surface area contributed by atoms with Crippen molar-refractivity contribution in [1.29, 1.82) is 0 Å². The predicted molar refractivity (Wildman–Crippen MR) is 94.3 cm³/mol. The minimum atomic E-state index is 0.541. The van der Waals surface area contributed by atoms with Gasteiger partial charge in [-0.3, -0.25) is 0 Å². The lowest BCUT2D eigenvalue weighted by Gasteiger charge is -2.42. The van der Waals surface area contributed by atoms with Crippen LogP contribution in [0.25, 0.3) is 0 Å². The Morgan fingerprint density at radius 2 is 1.86 bits per heavy atom. The monoisotopic (exact) mass is 310 g/mol. The molecule has 1 heterocycles. The van der Waals surface area contributed by atoms with Crippen molar-refractivity contribution < 1.29 is 4.74 Å². The SMILES string of the molecule is CCCN1CCC(CCO[C@H]2C[C@H](N(C)CC(C)C)C2)CC1. The topological polar surface area (TPSA) is 15.7 Å². The molecule has 0 spiro atoms. The fourth-order valence-electron chi connectivity index (χ4n) is 3.98. The zero-order valence-corrected chi connectivity index (χ0v) is 15.4. The first kappa shape index (κ1) is 18.2. The number of ether oxygens (including phenoxy) is 1. The van der Waals surface area contributed by atoms with E-state index in [4.69, 9.17) is 4.74 Å². The minimum Gasteiger partial charge on any atom is -0.378 e. The molecule has 0 radical (unpaired) electrons. The van der Waals surface area contributed by atoms with Crippen LogP contribution in [-0.4, -0.2) is 61.8 Å². The molecule has 0 atom stereocenters. The Morgan fingerprint density at radius 3 is 2.45 bits per heavy atom. The van der Waals surface area contributed by atoms with E-state index in [1.54, 1.807) is 0 Å². The van der Waals surface area contributed by atoms with E-state index in [1.165, 1.54) is 64.7 Å². The number of rotatable bonds is 9. The molecule has 0 unspecified atom stereocenters. The smallest absolute Gasteiger partial charge is 0.0605 e. The molecule has 3 nitrogen and oxygen atoms in total. The van der Waals surface area contributed by atoms with Gasteiger partial charge in [0.15, 0.2) is 0 Å². The maximum Gasteiger partial charge on any atom is 0.0605 e. The molecule has 1 saturated carbocycles. The van der Waals surface area contributed by atoms with Crippen LogP contribution in [0.15, 0.2) is 0 Å². The lowest BCUT2D eigenvalue weighted by Crippen LogP contribution is -2.47. The van der Waals surface area contributed by atoms with E-state index in [-0.39, 0.29) is 0 Å². The molecule has 1 saturated heterocycles. The van der Waals surface area contributed by atoms with Crippen molar-refractivity contribution in [1.82, 2.24) is 9.80 Å². The van der Waals surface area contributed by atoms with Crippen LogP contribution >= 0.6 is 0 Å². The Bertz CT molecular complexity index is 294. The summed E-state index contributed by atoms with van der Waals surface area (Å²) in [6.45, 7) is 13.0. The highest BCUT2D eigenvalue weighted by Gasteiger charge is 2.32. The molecule has 0 aromatic rings. The summed E-state index contributed by atoms with van der Waals surface area (Å²) >= 11 is 0. The third kappa shape index (κ3) is 5.82. The van der Waals surface area contributed by atoms with Gasteiger partial charge in [0, 0.05) is 19.2 Å². The molecule has 0 bridgehead atoms. The largest absolute Gasteiger partial charge is 0.378 e. The van der Waals surface area contributed by atoms with Gasteiger partial charge in [-0.2, -0.15) is 0 Å². The summed E-state index contributed by atoms with van der Waals surface area (Å²) in [5, 5.41) is 0. The third-order valence-electron chi connectivity index (χ3n) is 5.47. The zero-order valence-electron chi connectivity index (χ0n) is 15.4. The number of nitrogens with zero attached hydrogens (tertiary/aromatic N) is 2. The minimum absolute atomic E-state index is 0.541. The quantitative estimate of drug-likeness (QED) is 0.647. The van der Waals surface area contributed by atoms with E-state index >= 15 is 0 Å². The van der Waals surface area contributed by atoms with Gasteiger partial charge in [-0.05, 0) is 77.0 Å². The van der Waals surface area contributed by atoms with E-state index in [9.17, 15) is 0 Å². The highest BCUT2D eigenvalue weighted by molar-refractivity contribution is 4.87. The van der Waals surface area contributed by atoms with Crippen LogP contribution in [0.4, 0.5) is 0 Å². The van der Waals surface area contributed by atoms with E-state index in [0.717, 1.165) is 24.5 Å². The maximum atomic E-state index is 6.10. The van der Waals surface area contributed by atoms with Gasteiger partial charge in [0.25, 0.3) is 0 Å². The van der Waals surface area contributed by atoms with E-state index in [2.05, 4.69) is 37.6 Å². The molecular formula is C19H38N2O. The predicted octanol–water partition coefficient (Wildman–Crippen LogP) is 3.63. The van der Waals surface area contributed by atoms with Gasteiger partial charge in [0.1, 0.15) is 0 Å². The molecule has 3 heteroatoms. The van der Waals surface area contributed by atoms with Crippen LogP contribution in [-0.2, 0) is 4.74 Å². The molecule has 1 aliphatic carbocycles. The molecule has 130 valence electrons. The van der Waals surface area contributed by atoms with E-state index in [1.807, 2.05) is 0 Å². The number of likely N-dealkylation sites (tertiary alicyclic amines) is 1. The van der Waals surface area contributed by atoms with E-state index < -0.39 is 0 Å². The Kier molecular flexibility index (Phi) is 7.66. The van der Waals surface area contributed by atoms with Gasteiger partial charge in [0.05, 0.1) is 6.10 Å². The van der Waals surface area contributed by atoms with Gasteiger partial charge in [-0.15, -0.1) is 0 Å². The molecule has 1 aliphatic heterocycles. The third-order valence-corrected chi connectivity index (χ3v) is 5.47. The van der Waals surface area contributed by atoms with Gasteiger partial charge in [-0.25, -0.2) is 0 Å². The average molecular weight is 311 g/mol. The highest BCUT2D eigenvalue weighted by Crippen LogP contribution is 2.29. The summed E-state index contributed by atoms with van der Waals surface area (Å²) in [7, 11) is 2.27. The molecule has 2 aliphatic rings. The second kappa shape index (κ2) is 9.24. The van der Waals surface area contributed by atoms with Crippen LogP contribution in [0.2, 0.25) is 0 Å². The van der Waals surface area contributed by atoms with Crippen LogP contribution in [0.3, 0.4) is 0 Å². The molecule has 2 rings (SSSR count). The average Bonchev–Trinajstić information content (AvgIpc) is 2.42. The highest BCUT2D eigenvalue weighted by atomic mass is 16.5. The normalized spacial score (nSPS) is 27.5. The maximum absolute atomic E-state index is 6.10. The molecule has 0 N–H and O–H groups in total. The number of hydrogen-bond acceptors (Lipinski definition) is 3. The van der Waals surface area contributed by atoms with Gasteiger partial charge < -0.3 is 14.5 Å². The van der Waals surface area contributed by atoms with Crippen LogP contribution in [0, 0.1) is 11.8 Å². The number of piperidine rings is 1. The summed E-state index contributed by atoms with van der Waals surface area (Å²) in [6.07, 6.45) is 8.38. The summed E-state index contributed by atoms with van der Waals surface area (Å²) in [4.78, 5) is 5.15. The molecule has 0 amide bonds. The Labute approximate surface area is 138 Å². The van der Waals surface area contributed by atoms with Gasteiger partial charge in [-0.1, -0.05) is 20.8 Å². The summed E-state index contributed by atoms with van der Waals surface area (Å²) in [5.41, 5.74) is 0. The first-order valence-electron chi connectivity index (χ1n) is 9.62. The van der Waals surface area contributed by atoms with Crippen LogP contribution in [0.5, 0.6) is 0 Å². The summed E-state index contributed by atoms with van der Waals surface area (Å²) in [6, 6.07) is 0.768. The van der Waals surface area contributed by atoms with Crippen LogP contribution < -0.4 is 0 Å². The van der Waals surface area contributed by atoms with Gasteiger partial charge >= 0.3 is 0 Å². The lowest BCUT2D eigenvalue weighted by atomic mass is 9.87. The lowest BCUT2D eigenvalue weighted by molar-refractivity contribution is -0.0520. The second-order valence-electron chi connectivity index (χ2n) is 8.03. The van der Waals surface area contributed by atoms with Crippen molar-refractivity contribution in [3.05, 3.63) is 0 Å². The molecule has 2 fully saturated rings. The molecular weight excluding hydrogens is 272 g/mol. The van der Waals surface area contributed by atoms with Crippen LogP contribution in [0.1, 0.15) is 59.3 Å². The van der Waals surface area contributed by atoms with E-state index in [0.29, 0.717) is 6.10 Å². The fraction of sp³-hybridized carbons (Fsp3) is 1.00. The molecule has 0 aromatic heterocycles. The Balaban J connectivity index is 1.49. The number of hydrogen-bond donors (Lipinski definition) is 0. The first-order valence-corrected chi connectivity index (χ1v) is 9.62. The van der Waals surface area contributed by atoms with Crippen molar-refractivity contribution in [2.24, 2.45) is 11.8 Å². The van der Waals surface area contributed by atoms with Gasteiger partial charge in [0.2, 0.25) is 0 Å². The first-order chi connectivity index (χ1) is 10.6. The van der Waals surface area contributed by atoms with Crippen molar-refractivity contribution in [3.63, 3.8) is 0 Å². The van der Waals surface area contributed by atoms with Crippen molar-refractivity contribution in [2.75, 3.05) is 39.8 Å². The summed E-state index contributed by atoms with van der Waals surface area (Å²) in [5.74, 6) is 1.68. The standard InChI is InChI=1S/C19H38N2O/c1-5-9-21-10-6-17(7-11-21)8-12-22-19-13-18(14-19)20(4)15-16(2)3/h16-19H,5-15H2,1-4H3/t18-,19-. The van der Waals surface area contributed by atoms with Crippen molar-refractivity contribution >= 4 is 0 Å².